The van der Waals surface area contributed by atoms with Crippen LogP contribution in [0.25, 0.3) is 0 Å². The molecule has 1 heterocycles. The third kappa shape index (κ3) is 5.75. The van der Waals surface area contributed by atoms with Crippen LogP contribution in [0.15, 0.2) is 48.8 Å². The molecule has 1 amide bonds. The quantitative estimate of drug-likeness (QED) is 0.801. The van der Waals surface area contributed by atoms with Crippen molar-refractivity contribution in [2.75, 3.05) is 13.2 Å². The highest BCUT2D eigenvalue weighted by Gasteiger charge is 2.41. The van der Waals surface area contributed by atoms with Gasteiger partial charge < -0.3 is 15.8 Å². The van der Waals surface area contributed by atoms with Crippen molar-refractivity contribution < 1.29 is 22.7 Å². The van der Waals surface area contributed by atoms with Crippen LogP contribution >= 0.6 is 0 Å². The number of aromatic nitrogens is 1. The summed E-state index contributed by atoms with van der Waals surface area (Å²) in [4.78, 5) is 15.7. The van der Waals surface area contributed by atoms with Gasteiger partial charge in [0, 0.05) is 24.5 Å². The molecule has 5 nitrogen and oxygen atoms in total. The number of nitrogens with two attached hydrogens (primary N) is 1. The fourth-order valence-electron chi connectivity index (χ4n) is 2.22. The fraction of sp³-hybridized carbons (Fsp3) is 0.294. The van der Waals surface area contributed by atoms with E-state index in [1.54, 1.807) is 24.3 Å². The zero-order chi connectivity index (χ0) is 18.3. The zero-order valence-electron chi connectivity index (χ0n) is 13.3. The van der Waals surface area contributed by atoms with E-state index >= 15 is 0 Å². The molecule has 0 fully saturated rings. The van der Waals surface area contributed by atoms with Crippen LogP contribution in [-0.4, -0.2) is 30.2 Å². The predicted octanol–water partition coefficient (Wildman–Crippen LogP) is 2.38. The maximum atomic E-state index is 13.2. The number of rotatable bonds is 7. The van der Waals surface area contributed by atoms with Gasteiger partial charge in [-0.1, -0.05) is 18.2 Å². The van der Waals surface area contributed by atoms with Crippen LogP contribution < -0.4 is 15.8 Å². The molecule has 0 spiro atoms. The molecular weight excluding hydrogens is 335 g/mol. The van der Waals surface area contributed by atoms with Crippen molar-refractivity contribution >= 4 is 5.91 Å². The first-order valence-electron chi connectivity index (χ1n) is 7.58. The second-order valence-corrected chi connectivity index (χ2v) is 5.29. The Labute approximate surface area is 143 Å². The molecule has 0 aliphatic rings. The van der Waals surface area contributed by atoms with Gasteiger partial charge in [0.05, 0.1) is 6.42 Å². The van der Waals surface area contributed by atoms with Crippen LogP contribution in [0.3, 0.4) is 0 Å². The van der Waals surface area contributed by atoms with E-state index in [1.165, 1.54) is 18.3 Å². The minimum Gasteiger partial charge on any atom is -0.492 e. The predicted molar refractivity (Wildman–Crippen MR) is 85.9 cm³/mol. The Bertz CT molecular complexity index is 693. The molecule has 1 aromatic heterocycles. The first-order chi connectivity index (χ1) is 11.9. The number of benzene rings is 1. The number of pyridine rings is 1. The van der Waals surface area contributed by atoms with Gasteiger partial charge in [-0.2, -0.15) is 13.2 Å². The molecule has 25 heavy (non-hydrogen) atoms. The van der Waals surface area contributed by atoms with Gasteiger partial charge in [0.25, 0.3) is 0 Å². The highest BCUT2D eigenvalue weighted by atomic mass is 19.4. The number of nitrogens with one attached hydrogen (secondary N) is 1. The van der Waals surface area contributed by atoms with Crippen molar-refractivity contribution in [2.45, 2.75) is 18.6 Å². The minimum atomic E-state index is -4.62. The molecule has 1 aromatic carbocycles. The van der Waals surface area contributed by atoms with Crippen LogP contribution in [0.5, 0.6) is 5.75 Å². The second-order valence-electron chi connectivity index (χ2n) is 5.29. The van der Waals surface area contributed by atoms with Gasteiger partial charge in [0.15, 0.2) is 6.04 Å². The number of nitrogens with zero attached hydrogens (tertiary/aromatic N) is 1. The molecule has 0 radical (unpaired) electrons. The number of carbonyl (C=O) groups is 1. The number of hydrogen-bond donors (Lipinski definition) is 2. The SMILES string of the molecule is NCCOc1cccc(CC(=O)NC(c2cccnc2)C(F)(F)F)c1. The van der Waals surface area contributed by atoms with Crippen molar-refractivity contribution in [3.05, 3.63) is 59.9 Å². The molecule has 3 N–H and O–H groups in total. The third-order valence-corrected chi connectivity index (χ3v) is 3.30. The lowest BCUT2D eigenvalue weighted by Gasteiger charge is -2.21. The summed E-state index contributed by atoms with van der Waals surface area (Å²) < 4.78 is 45.0. The Morgan fingerprint density at radius 3 is 2.72 bits per heavy atom. The van der Waals surface area contributed by atoms with Crippen LogP contribution in [0, 0.1) is 0 Å². The highest BCUT2D eigenvalue weighted by Crippen LogP contribution is 2.32. The van der Waals surface area contributed by atoms with Crippen molar-refractivity contribution in [1.82, 2.24) is 10.3 Å². The van der Waals surface area contributed by atoms with Crippen molar-refractivity contribution in [2.24, 2.45) is 5.73 Å². The Morgan fingerprint density at radius 2 is 2.08 bits per heavy atom. The molecule has 0 aliphatic carbocycles. The summed E-state index contributed by atoms with van der Waals surface area (Å²) >= 11 is 0. The van der Waals surface area contributed by atoms with Crippen LogP contribution in [0.2, 0.25) is 0 Å². The van der Waals surface area contributed by atoms with E-state index in [1.807, 2.05) is 5.32 Å². The van der Waals surface area contributed by atoms with Gasteiger partial charge in [0.1, 0.15) is 12.4 Å². The second kappa shape index (κ2) is 8.48. The molecule has 1 unspecified atom stereocenters. The van der Waals surface area contributed by atoms with Gasteiger partial charge in [-0.25, -0.2) is 0 Å². The van der Waals surface area contributed by atoms with E-state index < -0.39 is 18.1 Å². The Kier molecular flexibility index (Phi) is 6.35. The lowest BCUT2D eigenvalue weighted by molar-refractivity contribution is -0.163. The molecule has 8 heteroatoms. The van der Waals surface area contributed by atoms with E-state index in [-0.39, 0.29) is 12.0 Å². The molecule has 0 aliphatic heterocycles. The van der Waals surface area contributed by atoms with Gasteiger partial charge >= 0.3 is 6.18 Å². The molecule has 0 saturated heterocycles. The summed E-state index contributed by atoms with van der Waals surface area (Å²) in [5.74, 6) is -0.238. The molecular formula is C17H18F3N3O2. The normalized spacial score (nSPS) is 12.5. The topological polar surface area (TPSA) is 77.2 Å². The number of ether oxygens (including phenoxy) is 1. The van der Waals surface area contributed by atoms with E-state index in [0.717, 1.165) is 6.20 Å². The fourth-order valence-corrected chi connectivity index (χ4v) is 2.22. The Balaban J connectivity index is 2.07. The third-order valence-electron chi connectivity index (χ3n) is 3.30. The van der Waals surface area contributed by atoms with E-state index in [2.05, 4.69) is 4.98 Å². The Hall–Kier alpha value is -2.61. The molecule has 2 rings (SSSR count). The lowest BCUT2D eigenvalue weighted by atomic mass is 10.1. The van der Waals surface area contributed by atoms with Gasteiger partial charge in [-0.05, 0) is 23.8 Å². The number of alkyl halides is 3. The van der Waals surface area contributed by atoms with E-state index in [9.17, 15) is 18.0 Å². The standard InChI is InChI=1S/C17H18F3N3O2/c18-17(19,20)16(13-4-2-7-22-11-13)23-15(24)10-12-3-1-5-14(9-12)25-8-6-21/h1-5,7,9,11,16H,6,8,10,21H2,(H,23,24). The summed E-state index contributed by atoms with van der Waals surface area (Å²) in [6.45, 7) is 0.649. The molecule has 0 bridgehead atoms. The smallest absolute Gasteiger partial charge is 0.412 e. The number of halogens is 3. The average Bonchev–Trinajstić information content (AvgIpc) is 2.58. The average molecular weight is 353 g/mol. The van der Waals surface area contributed by atoms with Crippen molar-refractivity contribution in [3.8, 4) is 5.75 Å². The first kappa shape index (κ1) is 18.7. The molecule has 0 saturated carbocycles. The van der Waals surface area contributed by atoms with Crippen molar-refractivity contribution in [1.29, 1.82) is 0 Å². The maximum absolute atomic E-state index is 13.2. The maximum Gasteiger partial charge on any atom is 0.412 e. The Morgan fingerprint density at radius 1 is 1.28 bits per heavy atom. The summed E-state index contributed by atoms with van der Waals surface area (Å²) in [6.07, 6.45) is -2.37. The zero-order valence-corrected chi connectivity index (χ0v) is 13.3. The van der Waals surface area contributed by atoms with E-state index in [0.29, 0.717) is 24.5 Å². The van der Waals surface area contributed by atoms with Gasteiger partial charge in [-0.15, -0.1) is 0 Å². The first-order valence-corrected chi connectivity index (χ1v) is 7.58. The molecule has 1 atom stereocenters. The summed E-state index contributed by atoms with van der Waals surface area (Å²) in [5.41, 5.74) is 5.76. The highest BCUT2D eigenvalue weighted by molar-refractivity contribution is 5.79. The summed E-state index contributed by atoms with van der Waals surface area (Å²) in [7, 11) is 0. The van der Waals surface area contributed by atoms with Crippen LogP contribution in [-0.2, 0) is 11.2 Å². The number of amides is 1. The summed E-state index contributed by atoms with van der Waals surface area (Å²) in [6, 6.07) is 7.14. The van der Waals surface area contributed by atoms with Crippen LogP contribution in [0.4, 0.5) is 13.2 Å². The molecule has 134 valence electrons. The number of hydrogen-bond acceptors (Lipinski definition) is 4. The monoisotopic (exact) mass is 353 g/mol. The lowest BCUT2D eigenvalue weighted by Crippen LogP contribution is -2.38. The summed E-state index contributed by atoms with van der Waals surface area (Å²) in [5, 5.41) is 2.02. The van der Waals surface area contributed by atoms with Crippen molar-refractivity contribution in [3.63, 3.8) is 0 Å². The van der Waals surface area contributed by atoms with Gasteiger partial charge in [-0.3, -0.25) is 9.78 Å². The van der Waals surface area contributed by atoms with Crippen LogP contribution in [0.1, 0.15) is 17.2 Å². The van der Waals surface area contributed by atoms with Gasteiger partial charge in [0.2, 0.25) is 5.91 Å². The number of carbonyl (C=O) groups excluding carboxylic acids is 1. The molecule has 2 aromatic rings. The largest absolute Gasteiger partial charge is 0.492 e. The van der Waals surface area contributed by atoms with E-state index in [4.69, 9.17) is 10.5 Å². The minimum absolute atomic E-state index is 0.122.